The molecule has 0 aliphatic rings. The molecule has 14 heavy (non-hydrogen) atoms. The summed E-state index contributed by atoms with van der Waals surface area (Å²) in [5.41, 5.74) is 2.69. The first-order chi connectivity index (χ1) is 6.86. The highest BCUT2D eigenvalue weighted by molar-refractivity contribution is 5.31. The lowest BCUT2D eigenvalue weighted by atomic mass is 10.3. The summed E-state index contributed by atoms with van der Waals surface area (Å²) in [7, 11) is 3.21. The van der Waals surface area contributed by atoms with Crippen LogP contribution in [0, 0.1) is 0 Å². The van der Waals surface area contributed by atoms with Crippen LogP contribution in [0.25, 0.3) is 0 Å². The van der Waals surface area contributed by atoms with E-state index >= 15 is 0 Å². The third-order valence-electron chi connectivity index (χ3n) is 1.68. The Kier molecular flexibility index (Phi) is 4.82. The third-order valence-corrected chi connectivity index (χ3v) is 1.68. The molecule has 0 saturated heterocycles. The van der Waals surface area contributed by atoms with Gasteiger partial charge in [-0.15, -0.1) is 0 Å². The van der Waals surface area contributed by atoms with Crippen LogP contribution >= 0.6 is 0 Å². The Balaban J connectivity index is 2.29. The van der Waals surface area contributed by atoms with Gasteiger partial charge in [0.1, 0.15) is 18.1 Å². The lowest BCUT2D eigenvalue weighted by Gasteiger charge is -2.06. The van der Waals surface area contributed by atoms with Crippen LogP contribution in [0.15, 0.2) is 24.3 Å². The van der Waals surface area contributed by atoms with Crippen LogP contribution in [-0.2, 0) is 4.84 Å². The molecule has 78 valence electrons. The second-order valence-corrected chi connectivity index (χ2v) is 2.62. The van der Waals surface area contributed by atoms with Crippen molar-refractivity contribution in [2.45, 2.75) is 0 Å². The summed E-state index contributed by atoms with van der Waals surface area (Å²) in [6.45, 7) is 1.22. The molecule has 0 radical (unpaired) electrons. The molecule has 1 rings (SSSR count). The maximum Gasteiger partial charge on any atom is 0.119 e. The number of rotatable bonds is 6. The Bertz CT molecular complexity index is 248. The van der Waals surface area contributed by atoms with Crippen LogP contribution in [0.2, 0.25) is 0 Å². The summed E-state index contributed by atoms with van der Waals surface area (Å²) in [5.74, 6) is 1.65. The highest BCUT2D eigenvalue weighted by Crippen LogP contribution is 2.16. The molecule has 4 nitrogen and oxygen atoms in total. The molecule has 0 atom stereocenters. The topological polar surface area (TPSA) is 39.7 Å². The Morgan fingerprint density at radius 3 is 2.29 bits per heavy atom. The second kappa shape index (κ2) is 6.23. The minimum Gasteiger partial charge on any atom is -0.497 e. The van der Waals surface area contributed by atoms with Crippen molar-refractivity contribution in [2.24, 2.45) is 0 Å². The highest BCUT2D eigenvalue weighted by atomic mass is 16.6. The first kappa shape index (κ1) is 10.8. The summed E-state index contributed by atoms with van der Waals surface area (Å²) in [6.07, 6.45) is 0. The van der Waals surface area contributed by atoms with Gasteiger partial charge in [-0.25, -0.2) is 0 Å². The Hall–Kier alpha value is -1.26. The number of hydroxylamine groups is 1. The van der Waals surface area contributed by atoms with Gasteiger partial charge in [-0.3, -0.25) is 0 Å². The molecule has 0 aliphatic carbocycles. The van der Waals surface area contributed by atoms with Crippen molar-refractivity contribution >= 4 is 0 Å². The van der Waals surface area contributed by atoms with E-state index in [1.807, 2.05) is 24.3 Å². The van der Waals surface area contributed by atoms with Crippen LogP contribution in [0.5, 0.6) is 11.5 Å². The van der Waals surface area contributed by atoms with Gasteiger partial charge in [0.2, 0.25) is 0 Å². The maximum atomic E-state index is 5.41. The van der Waals surface area contributed by atoms with Gasteiger partial charge in [-0.05, 0) is 24.3 Å². The van der Waals surface area contributed by atoms with Crippen LogP contribution in [0.1, 0.15) is 0 Å². The van der Waals surface area contributed by atoms with Crippen LogP contribution in [0.3, 0.4) is 0 Å². The summed E-state index contributed by atoms with van der Waals surface area (Å²) in [4.78, 5) is 4.67. The van der Waals surface area contributed by atoms with Gasteiger partial charge in [0.25, 0.3) is 0 Å². The lowest BCUT2D eigenvalue weighted by Crippen LogP contribution is -2.19. The molecule has 4 heteroatoms. The van der Waals surface area contributed by atoms with Gasteiger partial charge in [0.15, 0.2) is 0 Å². The largest absolute Gasteiger partial charge is 0.497 e. The van der Waals surface area contributed by atoms with Crippen molar-refractivity contribution < 1.29 is 14.3 Å². The summed E-state index contributed by atoms with van der Waals surface area (Å²) >= 11 is 0. The monoisotopic (exact) mass is 197 g/mol. The molecular formula is C10H15NO3. The molecule has 0 saturated carbocycles. The van der Waals surface area contributed by atoms with Crippen molar-refractivity contribution in [3.05, 3.63) is 24.3 Å². The maximum absolute atomic E-state index is 5.41. The highest BCUT2D eigenvalue weighted by Gasteiger charge is 1.94. The molecule has 0 amide bonds. The number of methoxy groups -OCH3 is 1. The number of benzene rings is 1. The molecule has 0 bridgehead atoms. The molecule has 0 heterocycles. The van der Waals surface area contributed by atoms with E-state index in [-0.39, 0.29) is 0 Å². The van der Waals surface area contributed by atoms with Gasteiger partial charge in [-0.1, -0.05) is 0 Å². The molecule has 1 N–H and O–H groups in total. The normalized spacial score (nSPS) is 9.86. The van der Waals surface area contributed by atoms with Gasteiger partial charge in [0.05, 0.1) is 20.8 Å². The van der Waals surface area contributed by atoms with E-state index < -0.39 is 0 Å². The zero-order valence-corrected chi connectivity index (χ0v) is 8.45. The van der Waals surface area contributed by atoms with Crippen molar-refractivity contribution in [3.63, 3.8) is 0 Å². The fraction of sp³-hybridized carbons (Fsp3) is 0.400. The number of hydrogen-bond donors (Lipinski definition) is 1. The minimum atomic E-state index is 0.570. The van der Waals surface area contributed by atoms with E-state index in [1.165, 1.54) is 0 Å². The van der Waals surface area contributed by atoms with E-state index in [1.54, 1.807) is 14.2 Å². The predicted octanol–water partition coefficient (Wildman–Crippen LogP) is 1.22. The first-order valence-corrected chi connectivity index (χ1v) is 4.39. The standard InChI is InChI=1S/C10H15NO3/c1-12-9-3-5-10(6-4-9)14-8-7-11-13-2/h3-6,11H,7-8H2,1-2H3. The number of nitrogens with one attached hydrogen (secondary N) is 1. The minimum absolute atomic E-state index is 0.570. The average Bonchev–Trinajstić information content (AvgIpc) is 2.25. The van der Waals surface area contributed by atoms with Crippen molar-refractivity contribution in [1.82, 2.24) is 5.48 Å². The SMILES string of the molecule is CONCCOc1ccc(OC)cc1. The van der Waals surface area contributed by atoms with E-state index in [4.69, 9.17) is 9.47 Å². The molecule has 1 aromatic rings. The molecular weight excluding hydrogens is 182 g/mol. The van der Waals surface area contributed by atoms with Gasteiger partial charge >= 0.3 is 0 Å². The Morgan fingerprint density at radius 1 is 1.07 bits per heavy atom. The predicted molar refractivity (Wildman–Crippen MR) is 53.5 cm³/mol. The molecule has 0 fully saturated rings. The van der Waals surface area contributed by atoms with Gasteiger partial charge in [-0.2, -0.15) is 5.48 Å². The van der Waals surface area contributed by atoms with Crippen LogP contribution in [-0.4, -0.2) is 27.4 Å². The first-order valence-electron chi connectivity index (χ1n) is 4.39. The number of ether oxygens (including phenoxy) is 2. The zero-order chi connectivity index (χ0) is 10.2. The summed E-state index contributed by atoms with van der Waals surface area (Å²) in [6, 6.07) is 7.45. The lowest BCUT2D eigenvalue weighted by molar-refractivity contribution is 0.0808. The summed E-state index contributed by atoms with van der Waals surface area (Å²) in [5, 5.41) is 0. The Morgan fingerprint density at radius 2 is 1.71 bits per heavy atom. The van der Waals surface area contributed by atoms with E-state index in [0.29, 0.717) is 13.2 Å². The van der Waals surface area contributed by atoms with Gasteiger partial charge in [0, 0.05) is 0 Å². The van der Waals surface area contributed by atoms with Gasteiger partial charge < -0.3 is 14.3 Å². The second-order valence-electron chi connectivity index (χ2n) is 2.62. The van der Waals surface area contributed by atoms with Crippen LogP contribution < -0.4 is 15.0 Å². The van der Waals surface area contributed by atoms with E-state index in [9.17, 15) is 0 Å². The molecule has 0 spiro atoms. The van der Waals surface area contributed by atoms with Crippen molar-refractivity contribution in [1.29, 1.82) is 0 Å². The van der Waals surface area contributed by atoms with E-state index in [2.05, 4.69) is 10.3 Å². The quantitative estimate of drug-likeness (QED) is 0.550. The fourth-order valence-electron chi connectivity index (χ4n) is 0.985. The van der Waals surface area contributed by atoms with Crippen molar-refractivity contribution in [2.75, 3.05) is 27.4 Å². The van der Waals surface area contributed by atoms with E-state index in [0.717, 1.165) is 11.5 Å². The molecule has 1 aromatic carbocycles. The molecule has 0 unspecified atom stereocenters. The van der Waals surface area contributed by atoms with Crippen molar-refractivity contribution in [3.8, 4) is 11.5 Å². The summed E-state index contributed by atoms with van der Waals surface area (Å²) < 4.78 is 10.4. The third kappa shape index (κ3) is 3.64. The molecule has 0 aromatic heterocycles. The molecule has 0 aliphatic heterocycles. The van der Waals surface area contributed by atoms with Crippen LogP contribution in [0.4, 0.5) is 0 Å². The fourth-order valence-corrected chi connectivity index (χ4v) is 0.985. The smallest absolute Gasteiger partial charge is 0.119 e. The number of hydrogen-bond acceptors (Lipinski definition) is 4. The Labute approximate surface area is 83.7 Å². The zero-order valence-electron chi connectivity index (χ0n) is 8.45. The average molecular weight is 197 g/mol.